The second-order valence-electron chi connectivity index (χ2n) is 7.87. The van der Waals surface area contributed by atoms with Crippen LogP contribution in [0.1, 0.15) is 19.8 Å². The first kappa shape index (κ1) is 21.3. The van der Waals surface area contributed by atoms with Gasteiger partial charge in [-0.15, -0.1) is 0 Å². The summed E-state index contributed by atoms with van der Waals surface area (Å²) in [7, 11) is 2.01. The van der Waals surface area contributed by atoms with Crippen LogP contribution in [0.4, 0.5) is 0 Å². The van der Waals surface area contributed by atoms with Gasteiger partial charge >= 0.3 is 0 Å². The van der Waals surface area contributed by atoms with Crippen molar-refractivity contribution in [2.45, 2.75) is 62.7 Å². The molecule has 0 aromatic rings. The quantitative estimate of drug-likeness (QED) is 0.203. The Morgan fingerprint density at radius 3 is 2.81 bits per heavy atom. The molecule has 0 aliphatic carbocycles. The molecule has 0 radical (unpaired) electrons. The van der Waals surface area contributed by atoms with Crippen LogP contribution in [0.5, 0.6) is 0 Å². The zero-order valence-corrected chi connectivity index (χ0v) is 16.5. The maximum atomic E-state index is 10.6. The average molecular weight is 388 g/mol. The summed E-state index contributed by atoms with van der Waals surface area (Å²) in [4.78, 5) is 4.15. The molecule has 3 fully saturated rings. The molecule has 3 saturated heterocycles. The Morgan fingerprint density at radius 2 is 2.04 bits per heavy atom. The number of unbranched alkanes of at least 4 members (excludes halogenated alkanes) is 1. The predicted molar refractivity (Wildman–Crippen MR) is 102 cm³/mol. The first-order chi connectivity index (χ1) is 13.0. The van der Waals surface area contributed by atoms with Gasteiger partial charge in [-0.05, 0) is 20.0 Å². The molecule has 0 spiro atoms. The molecule has 0 aromatic heterocycles. The monoisotopic (exact) mass is 387 g/mol. The molecule has 0 bridgehead atoms. The number of aliphatic hydroxyl groups is 2. The number of hydrogen-bond donors (Lipinski definition) is 7. The first-order valence-electron chi connectivity index (χ1n) is 10.1. The minimum atomic E-state index is -0.945. The largest absolute Gasteiger partial charge is 0.387 e. The van der Waals surface area contributed by atoms with E-state index in [1.165, 1.54) is 12.8 Å². The maximum Gasteiger partial charge on any atom is 0.142 e. The smallest absolute Gasteiger partial charge is 0.142 e. The molecule has 3 aliphatic heterocycles. The zero-order valence-electron chi connectivity index (χ0n) is 16.5. The van der Waals surface area contributed by atoms with Crippen molar-refractivity contribution < 1.29 is 14.9 Å². The van der Waals surface area contributed by atoms with Crippen LogP contribution < -0.4 is 27.0 Å². The van der Waals surface area contributed by atoms with Crippen LogP contribution in [0.2, 0.25) is 0 Å². The lowest BCUT2D eigenvalue weighted by Crippen LogP contribution is -2.68. The molecule has 8 N–H and O–H groups in total. The van der Waals surface area contributed by atoms with Gasteiger partial charge in [-0.25, -0.2) is 4.90 Å². The van der Waals surface area contributed by atoms with Crippen molar-refractivity contribution in [1.29, 1.82) is 0 Å². The van der Waals surface area contributed by atoms with Gasteiger partial charge in [0.05, 0.1) is 25.0 Å². The summed E-state index contributed by atoms with van der Waals surface area (Å²) < 4.78 is 6.09. The minimum absolute atomic E-state index is 0.0302. The molecule has 0 saturated carbocycles. The lowest BCUT2D eigenvalue weighted by atomic mass is 10.1. The fourth-order valence-electron chi connectivity index (χ4n) is 4.10. The van der Waals surface area contributed by atoms with Crippen LogP contribution >= 0.6 is 0 Å². The third kappa shape index (κ3) is 4.96. The van der Waals surface area contributed by atoms with E-state index in [0.717, 1.165) is 19.6 Å². The van der Waals surface area contributed by atoms with Crippen molar-refractivity contribution in [2.24, 2.45) is 5.73 Å². The molecule has 10 heteroatoms. The zero-order chi connectivity index (χ0) is 19.4. The third-order valence-electron chi connectivity index (χ3n) is 5.78. The molecule has 7 atom stereocenters. The average Bonchev–Trinajstić information content (AvgIpc) is 3.19. The molecule has 3 heterocycles. The third-order valence-corrected chi connectivity index (χ3v) is 5.78. The van der Waals surface area contributed by atoms with Crippen molar-refractivity contribution in [3.8, 4) is 0 Å². The Morgan fingerprint density at radius 1 is 1.22 bits per heavy atom. The molecule has 3 unspecified atom stereocenters. The number of fused-ring (bicyclic) bond motifs is 1. The molecule has 0 aromatic carbocycles. The van der Waals surface area contributed by atoms with Crippen molar-refractivity contribution >= 4 is 0 Å². The summed E-state index contributed by atoms with van der Waals surface area (Å²) in [5, 5.41) is 34.4. The lowest BCUT2D eigenvalue weighted by Gasteiger charge is -2.38. The number of likely N-dealkylation sites (N-methyl/N-ethyl adjacent to an activating group) is 1. The topological polar surface area (TPSA) is 130 Å². The van der Waals surface area contributed by atoms with Crippen molar-refractivity contribution in [3.05, 3.63) is 0 Å². The second-order valence-corrected chi connectivity index (χ2v) is 7.87. The highest BCUT2D eigenvalue weighted by Crippen LogP contribution is 2.28. The molecule has 158 valence electrons. The maximum absolute atomic E-state index is 10.6. The molecular weight excluding hydrogens is 350 g/mol. The van der Waals surface area contributed by atoms with E-state index in [-0.39, 0.29) is 18.4 Å². The van der Waals surface area contributed by atoms with Gasteiger partial charge in [-0.1, -0.05) is 13.3 Å². The van der Waals surface area contributed by atoms with E-state index in [0.29, 0.717) is 19.9 Å². The van der Waals surface area contributed by atoms with Gasteiger partial charge < -0.3 is 30.9 Å². The first-order valence-corrected chi connectivity index (χ1v) is 10.1. The van der Waals surface area contributed by atoms with Crippen molar-refractivity contribution in [1.82, 2.24) is 31.1 Å². The SMILES string of the molecule is CCCCNCCN(C)C[C@H]1O[C@@H](N2CNC3C(N)NCNC32)[C@H](O)[C@@H]1O. The summed E-state index contributed by atoms with van der Waals surface area (Å²) in [6.45, 7) is 6.71. The summed E-state index contributed by atoms with van der Waals surface area (Å²) in [6.07, 6.45) is -0.644. The Balaban J connectivity index is 1.49. The summed E-state index contributed by atoms with van der Waals surface area (Å²) in [5.41, 5.74) is 6.11. The predicted octanol–water partition coefficient (Wildman–Crippen LogP) is -3.25. The second kappa shape index (κ2) is 9.88. The van der Waals surface area contributed by atoms with Gasteiger partial charge in [0.2, 0.25) is 0 Å². The van der Waals surface area contributed by atoms with E-state index in [2.05, 4.69) is 33.1 Å². The Labute approximate surface area is 161 Å². The summed E-state index contributed by atoms with van der Waals surface area (Å²) >= 11 is 0. The minimum Gasteiger partial charge on any atom is -0.387 e. The Kier molecular flexibility index (Phi) is 7.80. The highest BCUT2D eigenvalue weighted by atomic mass is 16.6. The number of nitrogens with zero attached hydrogens (tertiary/aromatic N) is 2. The van der Waals surface area contributed by atoms with E-state index < -0.39 is 24.5 Å². The number of rotatable bonds is 9. The van der Waals surface area contributed by atoms with Gasteiger partial charge in [0.25, 0.3) is 0 Å². The highest BCUT2D eigenvalue weighted by Gasteiger charge is 2.51. The van der Waals surface area contributed by atoms with E-state index in [4.69, 9.17) is 10.5 Å². The van der Waals surface area contributed by atoms with E-state index >= 15 is 0 Å². The van der Waals surface area contributed by atoms with Gasteiger partial charge in [-0.2, -0.15) is 0 Å². The van der Waals surface area contributed by atoms with Gasteiger partial charge in [0.1, 0.15) is 24.5 Å². The molecule has 3 rings (SSSR count). The van der Waals surface area contributed by atoms with Crippen molar-refractivity contribution in [2.75, 3.05) is 46.6 Å². The summed E-state index contributed by atoms with van der Waals surface area (Å²) in [6, 6.07) is 0.0302. The van der Waals surface area contributed by atoms with E-state index in [1.54, 1.807) is 0 Å². The van der Waals surface area contributed by atoms with E-state index in [1.807, 2.05) is 11.9 Å². The number of nitrogens with two attached hydrogens (primary N) is 1. The van der Waals surface area contributed by atoms with Crippen LogP contribution in [0.25, 0.3) is 0 Å². The standard InChI is InChI=1S/C17H37N7O3/c1-3-4-5-19-6-7-23(2)8-11-13(25)14(26)17(27-11)24-10-22-12-15(18)20-9-21-16(12)24/h11-17,19-22,25-26H,3-10,18H2,1-2H3/t11-,12?,13-,14-,15?,16?,17-/m1/s1. The highest BCUT2D eigenvalue weighted by molar-refractivity contribution is 5.01. The number of ether oxygens (including phenoxy) is 1. The van der Waals surface area contributed by atoms with Crippen LogP contribution in [0, 0.1) is 0 Å². The van der Waals surface area contributed by atoms with Crippen LogP contribution in [0.3, 0.4) is 0 Å². The lowest BCUT2D eigenvalue weighted by molar-refractivity contribution is -0.106. The Hall–Kier alpha value is -0.400. The molecule has 3 aliphatic rings. The van der Waals surface area contributed by atoms with Gasteiger partial charge in [0.15, 0.2) is 0 Å². The van der Waals surface area contributed by atoms with E-state index in [9.17, 15) is 10.2 Å². The molecular formula is C17H37N7O3. The fraction of sp³-hybridized carbons (Fsp3) is 1.00. The van der Waals surface area contributed by atoms with Gasteiger partial charge in [0, 0.05) is 26.3 Å². The number of aliphatic hydroxyl groups excluding tert-OH is 2. The Bertz CT molecular complexity index is 460. The fourth-order valence-corrected chi connectivity index (χ4v) is 4.10. The normalized spacial score (nSPS) is 40.0. The number of hydrogen-bond acceptors (Lipinski definition) is 10. The van der Waals surface area contributed by atoms with Crippen LogP contribution in [-0.4, -0.2) is 109 Å². The van der Waals surface area contributed by atoms with Crippen LogP contribution in [-0.2, 0) is 4.74 Å². The van der Waals surface area contributed by atoms with Gasteiger partial charge in [-0.3, -0.25) is 16.0 Å². The molecule has 10 nitrogen and oxygen atoms in total. The number of nitrogens with one attached hydrogen (secondary N) is 4. The van der Waals surface area contributed by atoms with Crippen LogP contribution in [0.15, 0.2) is 0 Å². The van der Waals surface area contributed by atoms with Crippen molar-refractivity contribution in [3.63, 3.8) is 0 Å². The molecule has 27 heavy (non-hydrogen) atoms. The molecule has 0 amide bonds. The summed E-state index contributed by atoms with van der Waals surface area (Å²) in [5.74, 6) is 0.